The molecule has 55 heavy (non-hydrogen) atoms. The number of amides is 3. The number of fused-ring (bicyclic) bond motifs is 1. The van der Waals surface area contributed by atoms with E-state index in [0.29, 0.717) is 63.5 Å². The number of imidazole rings is 1. The van der Waals surface area contributed by atoms with Crippen molar-refractivity contribution in [3.8, 4) is 0 Å². The molecule has 2 aliphatic rings. The van der Waals surface area contributed by atoms with Crippen LogP contribution in [0.5, 0.6) is 0 Å². The van der Waals surface area contributed by atoms with E-state index in [-0.39, 0.29) is 43.2 Å². The molecule has 5 atom stereocenters. The molecule has 15 nitrogen and oxygen atoms in total. The zero-order valence-corrected chi connectivity index (χ0v) is 31.8. The van der Waals surface area contributed by atoms with Crippen LogP contribution in [0.1, 0.15) is 43.4 Å². The monoisotopic (exact) mass is 808 g/mol. The second-order valence-electron chi connectivity index (χ2n) is 13.6. The van der Waals surface area contributed by atoms with Crippen LogP contribution in [0.2, 0.25) is 10.0 Å². The molecule has 1 saturated heterocycles. The topological polar surface area (TPSA) is 194 Å². The lowest BCUT2D eigenvalue weighted by atomic mass is 9.86. The Morgan fingerprint density at radius 3 is 2.33 bits per heavy atom. The van der Waals surface area contributed by atoms with E-state index < -0.39 is 29.9 Å². The summed E-state index contributed by atoms with van der Waals surface area (Å²) in [5.74, 6) is 0.209. The number of urea groups is 1. The van der Waals surface area contributed by atoms with Gasteiger partial charge in [-0.15, -0.1) is 0 Å². The summed E-state index contributed by atoms with van der Waals surface area (Å²) in [6.45, 7) is 2.48. The first-order valence-electron chi connectivity index (χ1n) is 17.7. The molecule has 0 radical (unpaired) electrons. The van der Waals surface area contributed by atoms with Crippen LogP contribution in [0.3, 0.4) is 0 Å². The molecule has 7 rings (SSSR count). The summed E-state index contributed by atoms with van der Waals surface area (Å²) >= 11 is 18.8. The maximum atomic E-state index is 12.8. The van der Waals surface area contributed by atoms with Gasteiger partial charge >= 0.3 is 6.03 Å². The van der Waals surface area contributed by atoms with Crippen LogP contribution in [0.25, 0.3) is 11.2 Å². The number of anilines is 3. The predicted molar refractivity (Wildman–Crippen MR) is 209 cm³/mol. The van der Waals surface area contributed by atoms with Crippen molar-refractivity contribution in [2.24, 2.45) is 0 Å². The number of carbonyl (C=O) groups is 2. The number of aliphatic hydroxyl groups is 3. The zero-order chi connectivity index (χ0) is 38.9. The van der Waals surface area contributed by atoms with Crippen molar-refractivity contribution in [1.29, 1.82) is 0 Å². The van der Waals surface area contributed by atoms with Gasteiger partial charge in [0.05, 0.1) is 36.8 Å². The normalized spacial score (nSPS) is 21.1. The Labute approximate surface area is 331 Å². The maximum absolute atomic E-state index is 12.8. The van der Waals surface area contributed by atoms with Gasteiger partial charge in [0, 0.05) is 53.6 Å². The first-order chi connectivity index (χ1) is 26.4. The Kier molecular flexibility index (Phi) is 11.3. The Balaban J connectivity index is 1.22. The number of rotatable bonds is 11. The fourth-order valence-corrected chi connectivity index (χ4v) is 7.68. The molecule has 1 aliphatic carbocycles. The molecule has 0 bridgehead atoms. The van der Waals surface area contributed by atoms with Gasteiger partial charge in [-0.05, 0) is 60.4 Å². The van der Waals surface area contributed by atoms with Gasteiger partial charge < -0.3 is 40.7 Å². The third-order valence-corrected chi connectivity index (χ3v) is 11.0. The minimum absolute atomic E-state index is 0.0689. The number of pyridine rings is 1. The highest BCUT2D eigenvalue weighted by molar-refractivity contribution is 6.30. The lowest BCUT2D eigenvalue weighted by molar-refractivity contribution is -0.129. The quantitative estimate of drug-likeness (QED) is 0.101. The Morgan fingerprint density at radius 1 is 1.00 bits per heavy atom. The van der Waals surface area contributed by atoms with Crippen molar-refractivity contribution < 1.29 is 24.9 Å². The van der Waals surface area contributed by atoms with Crippen LogP contribution in [0.15, 0.2) is 79.4 Å². The molecule has 4 heterocycles. The molecule has 288 valence electrons. The number of nitrogens with zero attached hydrogens (tertiary/aromatic N) is 7. The summed E-state index contributed by atoms with van der Waals surface area (Å²) in [6, 6.07) is 15.0. The molecule has 18 heteroatoms. The average molecular weight is 810 g/mol. The SMILES string of the molecule is CCC(=O)N(Cl)[C@H]1C[C@@H](n2cnc3c(NCC(O)(c4ccc(Cl)cc4)c4ccc(Cl)cc4)nc(N4CC[C@@H](NC(=O)Nc5cccnc5)C4)nc32)[C@H](O)[C@@H]1O. The van der Waals surface area contributed by atoms with E-state index in [2.05, 4.69) is 25.9 Å². The van der Waals surface area contributed by atoms with Crippen molar-refractivity contribution in [2.75, 3.05) is 35.2 Å². The molecule has 6 N–H and O–H groups in total. The second-order valence-corrected chi connectivity index (χ2v) is 14.8. The Bertz CT molecular complexity index is 2100. The van der Waals surface area contributed by atoms with Crippen LogP contribution in [0.4, 0.5) is 22.2 Å². The van der Waals surface area contributed by atoms with Crippen LogP contribution < -0.4 is 20.9 Å². The van der Waals surface area contributed by atoms with Crippen molar-refractivity contribution in [3.05, 3.63) is 101 Å². The number of carbonyl (C=O) groups excluding carboxylic acids is 2. The molecule has 2 aromatic carbocycles. The maximum Gasteiger partial charge on any atom is 0.319 e. The summed E-state index contributed by atoms with van der Waals surface area (Å²) in [5, 5.41) is 44.8. The van der Waals surface area contributed by atoms with Gasteiger partial charge in [-0.1, -0.05) is 54.4 Å². The highest BCUT2D eigenvalue weighted by atomic mass is 35.5. The Hall–Kier alpha value is -4.77. The van der Waals surface area contributed by atoms with Crippen molar-refractivity contribution in [1.82, 2.24) is 34.2 Å². The zero-order valence-electron chi connectivity index (χ0n) is 29.6. The van der Waals surface area contributed by atoms with Crippen LogP contribution in [-0.4, -0.2) is 100 Å². The molecule has 1 saturated carbocycles. The van der Waals surface area contributed by atoms with Gasteiger partial charge in [-0.25, -0.2) is 14.2 Å². The molecule has 5 aromatic rings. The van der Waals surface area contributed by atoms with E-state index in [4.69, 9.17) is 44.9 Å². The minimum atomic E-state index is -1.59. The fraction of sp³-hybridized carbons (Fsp3) is 0.351. The summed E-state index contributed by atoms with van der Waals surface area (Å²) in [4.78, 5) is 45.6. The summed E-state index contributed by atoms with van der Waals surface area (Å²) in [7, 11) is 0. The first-order valence-corrected chi connectivity index (χ1v) is 18.8. The van der Waals surface area contributed by atoms with Gasteiger partial charge in [0.2, 0.25) is 11.9 Å². The highest BCUT2D eigenvalue weighted by Gasteiger charge is 2.47. The summed E-state index contributed by atoms with van der Waals surface area (Å²) in [6.07, 6.45) is 2.89. The minimum Gasteiger partial charge on any atom is -0.388 e. The number of hydrogen-bond donors (Lipinski definition) is 6. The molecule has 1 aliphatic heterocycles. The summed E-state index contributed by atoms with van der Waals surface area (Å²) in [5.41, 5.74) is 0.751. The molecule has 3 aromatic heterocycles. The molecular formula is C37H39Cl3N10O5. The molecule has 2 fully saturated rings. The summed E-state index contributed by atoms with van der Waals surface area (Å²) < 4.78 is 2.61. The number of halogens is 3. The lowest BCUT2D eigenvalue weighted by Crippen LogP contribution is -2.41. The smallest absolute Gasteiger partial charge is 0.319 e. The van der Waals surface area contributed by atoms with Crippen molar-refractivity contribution in [2.45, 2.75) is 62.1 Å². The van der Waals surface area contributed by atoms with Gasteiger partial charge in [0.15, 0.2) is 17.0 Å². The second kappa shape index (κ2) is 16.1. The van der Waals surface area contributed by atoms with E-state index >= 15 is 0 Å². The van der Waals surface area contributed by atoms with Gasteiger partial charge in [-0.2, -0.15) is 9.97 Å². The van der Waals surface area contributed by atoms with E-state index in [1.165, 1.54) is 6.33 Å². The largest absolute Gasteiger partial charge is 0.388 e. The number of aliphatic hydroxyl groups excluding tert-OH is 2. The molecule has 0 unspecified atom stereocenters. The van der Waals surface area contributed by atoms with Gasteiger partial charge in [0.25, 0.3) is 0 Å². The number of benzene rings is 2. The van der Waals surface area contributed by atoms with E-state index in [9.17, 15) is 24.9 Å². The molecular weight excluding hydrogens is 771 g/mol. The van der Waals surface area contributed by atoms with Crippen LogP contribution >= 0.6 is 35.0 Å². The van der Waals surface area contributed by atoms with Crippen LogP contribution in [-0.2, 0) is 10.4 Å². The molecule has 3 amide bonds. The standard InChI is InChI=1S/C37H39Cl3N10O5/c1-2-29(51)50(40)28-16-27(31(52)32(28)53)49-20-43-30-33(42-19-37(55,21-5-9-23(38)10-6-21)22-7-11-24(39)12-8-22)46-35(47-34(30)49)48-15-13-26(18-48)45-36(54)44-25-4-3-14-41-17-25/h3-12,14,17,20,26-28,31-32,52-53,55H,2,13,15-16,18-19H2,1H3,(H,42,46,47)(H2,44,45,54)/t26-,27-,28+,31+,32-/m1/s1. The van der Waals surface area contributed by atoms with E-state index in [0.717, 1.165) is 4.42 Å². The van der Waals surface area contributed by atoms with Gasteiger partial charge in [-0.3, -0.25) is 9.78 Å². The van der Waals surface area contributed by atoms with E-state index in [1.54, 1.807) is 84.5 Å². The number of aromatic nitrogens is 5. The third kappa shape index (κ3) is 7.99. The fourth-order valence-electron chi connectivity index (χ4n) is 7.12. The highest BCUT2D eigenvalue weighted by Crippen LogP contribution is 2.38. The predicted octanol–water partition coefficient (Wildman–Crippen LogP) is 4.70. The van der Waals surface area contributed by atoms with E-state index in [1.807, 2.05) is 4.90 Å². The van der Waals surface area contributed by atoms with Crippen LogP contribution in [0, 0.1) is 0 Å². The number of nitrogens with one attached hydrogen (secondary N) is 3. The van der Waals surface area contributed by atoms with Crippen molar-refractivity contribution >= 4 is 75.5 Å². The van der Waals surface area contributed by atoms with Crippen molar-refractivity contribution in [3.63, 3.8) is 0 Å². The third-order valence-electron chi connectivity index (χ3n) is 10.1. The number of hydrogen-bond acceptors (Lipinski definition) is 11. The van der Waals surface area contributed by atoms with Gasteiger partial charge in [0.1, 0.15) is 17.8 Å². The first kappa shape index (κ1) is 38.5. The lowest BCUT2D eigenvalue weighted by Gasteiger charge is -2.30. The Morgan fingerprint density at radius 2 is 1.69 bits per heavy atom. The average Bonchev–Trinajstić information content (AvgIpc) is 3.91. The molecule has 0 spiro atoms.